The van der Waals surface area contributed by atoms with Crippen molar-refractivity contribution in [2.75, 3.05) is 6.54 Å². The van der Waals surface area contributed by atoms with Crippen molar-refractivity contribution in [2.45, 2.75) is 25.2 Å². The second-order valence-electron chi connectivity index (χ2n) is 4.54. The summed E-state index contributed by atoms with van der Waals surface area (Å²) in [6.07, 6.45) is -1.47. The quantitative estimate of drug-likeness (QED) is 0.623. The van der Waals surface area contributed by atoms with Crippen LogP contribution in [0, 0.1) is 0 Å². The van der Waals surface area contributed by atoms with Gasteiger partial charge in [-0.1, -0.05) is 30.3 Å². The molecule has 0 unspecified atom stereocenters. The molecule has 0 radical (unpaired) electrons. The van der Waals surface area contributed by atoms with Crippen molar-refractivity contribution in [3.05, 3.63) is 35.9 Å². The standard InChI is InChI=1S/C13H16N2O5/c14-20-10-6-11(15(7-10)13(17)18)12(16)19-8-9-4-2-1-3-5-9/h1-5,10-11H,6-8,14H2,(H,17,18)/t10-,11+/m1/s1. The number of likely N-dealkylation sites (tertiary alicyclic amines) is 1. The van der Waals surface area contributed by atoms with Gasteiger partial charge < -0.3 is 9.84 Å². The van der Waals surface area contributed by atoms with E-state index in [1.54, 1.807) is 0 Å². The summed E-state index contributed by atoms with van der Waals surface area (Å²) >= 11 is 0. The van der Waals surface area contributed by atoms with Crippen LogP contribution in [0.5, 0.6) is 0 Å². The maximum absolute atomic E-state index is 12.0. The molecule has 7 nitrogen and oxygen atoms in total. The molecule has 2 atom stereocenters. The van der Waals surface area contributed by atoms with Gasteiger partial charge in [0, 0.05) is 6.42 Å². The Hall–Kier alpha value is -2.12. The van der Waals surface area contributed by atoms with Crippen LogP contribution in [0.25, 0.3) is 0 Å². The van der Waals surface area contributed by atoms with Gasteiger partial charge in [-0.3, -0.25) is 9.74 Å². The van der Waals surface area contributed by atoms with Gasteiger partial charge in [-0.15, -0.1) is 0 Å². The number of hydrogen-bond acceptors (Lipinski definition) is 5. The number of carbonyl (C=O) groups is 2. The minimum Gasteiger partial charge on any atom is -0.465 e. The average Bonchev–Trinajstić information content (AvgIpc) is 2.90. The van der Waals surface area contributed by atoms with Gasteiger partial charge >= 0.3 is 12.1 Å². The SMILES string of the molecule is NO[C@@H]1C[C@@H](C(=O)OCc2ccccc2)N(C(=O)O)C1. The first-order valence-corrected chi connectivity index (χ1v) is 6.17. The van der Waals surface area contributed by atoms with E-state index in [2.05, 4.69) is 4.84 Å². The van der Waals surface area contributed by atoms with Gasteiger partial charge in [0.05, 0.1) is 12.6 Å². The Kier molecular flexibility index (Phi) is 4.54. The lowest BCUT2D eigenvalue weighted by Gasteiger charge is -2.19. The summed E-state index contributed by atoms with van der Waals surface area (Å²) in [5.41, 5.74) is 0.840. The van der Waals surface area contributed by atoms with Gasteiger partial charge in [-0.25, -0.2) is 15.5 Å². The molecule has 0 aliphatic carbocycles. The zero-order valence-corrected chi connectivity index (χ0v) is 10.8. The molecule has 1 fully saturated rings. The van der Waals surface area contributed by atoms with E-state index in [-0.39, 0.29) is 19.6 Å². The van der Waals surface area contributed by atoms with Gasteiger partial charge in [0.15, 0.2) is 0 Å². The molecule has 1 saturated heterocycles. The molecular weight excluding hydrogens is 264 g/mol. The zero-order chi connectivity index (χ0) is 14.5. The highest BCUT2D eigenvalue weighted by Crippen LogP contribution is 2.21. The van der Waals surface area contributed by atoms with Crippen LogP contribution < -0.4 is 5.90 Å². The van der Waals surface area contributed by atoms with E-state index in [1.165, 1.54) is 0 Å². The highest BCUT2D eigenvalue weighted by Gasteiger charge is 2.41. The van der Waals surface area contributed by atoms with Gasteiger partial charge in [0.25, 0.3) is 0 Å². The fraction of sp³-hybridized carbons (Fsp3) is 0.385. The van der Waals surface area contributed by atoms with Crippen molar-refractivity contribution in [3.8, 4) is 0 Å². The number of nitrogens with two attached hydrogens (primary N) is 1. The van der Waals surface area contributed by atoms with Gasteiger partial charge in [-0.2, -0.15) is 0 Å². The number of carboxylic acid groups (broad SMARTS) is 1. The Labute approximate surface area is 115 Å². The fourth-order valence-electron chi connectivity index (χ4n) is 2.16. The molecule has 1 aromatic rings. The van der Waals surface area contributed by atoms with Crippen LogP contribution in [-0.4, -0.2) is 40.8 Å². The third-order valence-corrected chi connectivity index (χ3v) is 3.20. The number of esters is 1. The second-order valence-corrected chi connectivity index (χ2v) is 4.54. The van der Waals surface area contributed by atoms with E-state index in [1.807, 2.05) is 30.3 Å². The van der Waals surface area contributed by atoms with Crippen molar-refractivity contribution >= 4 is 12.1 Å². The fourth-order valence-corrected chi connectivity index (χ4v) is 2.16. The Bertz CT molecular complexity index is 479. The van der Waals surface area contributed by atoms with Crippen LogP contribution in [0.2, 0.25) is 0 Å². The molecule has 2 rings (SSSR count). The maximum atomic E-state index is 12.0. The van der Waals surface area contributed by atoms with Crippen LogP contribution in [0.3, 0.4) is 0 Å². The minimum absolute atomic E-state index is 0.0664. The van der Waals surface area contributed by atoms with Crippen LogP contribution in [0.4, 0.5) is 4.79 Å². The van der Waals surface area contributed by atoms with Gasteiger partial charge in [-0.05, 0) is 5.56 Å². The number of hydrogen-bond donors (Lipinski definition) is 2. The monoisotopic (exact) mass is 280 g/mol. The summed E-state index contributed by atoms with van der Waals surface area (Å²) in [5.74, 6) is 4.46. The van der Waals surface area contributed by atoms with Crippen molar-refractivity contribution in [3.63, 3.8) is 0 Å². The lowest BCUT2D eigenvalue weighted by Crippen LogP contribution is -2.40. The summed E-state index contributed by atoms with van der Waals surface area (Å²) in [5, 5.41) is 9.05. The van der Waals surface area contributed by atoms with Crippen molar-refractivity contribution in [1.82, 2.24) is 4.90 Å². The molecular formula is C13H16N2O5. The summed E-state index contributed by atoms with van der Waals surface area (Å²) in [7, 11) is 0. The number of amides is 1. The summed E-state index contributed by atoms with van der Waals surface area (Å²) < 4.78 is 5.14. The van der Waals surface area contributed by atoms with Crippen molar-refractivity contribution < 1.29 is 24.3 Å². The first-order valence-electron chi connectivity index (χ1n) is 6.17. The Morgan fingerprint density at radius 3 is 2.65 bits per heavy atom. The lowest BCUT2D eigenvalue weighted by molar-refractivity contribution is -0.149. The van der Waals surface area contributed by atoms with E-state index < -0.39 is 24.2 Å². The first kappa shape index (κ1) is 14.3. The van der Waals surface area contributed by atoms with Crippen molar-refractivity contribution in [2.24, 2.45) is 5.90 Å². The summed E-state index contributed by atoms with van der Waals surface area (Å²) in [6.45, 7) is 0.175. The Balaban J connectivity index is 1.95. The number of benzene rings is 1. The van der Waals surface area contributed by atoms with Crippen molar-refractivity contribution in [1.29, 1.82) is 0 Å². The topological polar surface area (TPSA) is 102 Å². The van der Waals surface area contributed by atoms with E-state index in [4.69, 9.17) is 15.7 Å². The normalized spacial score (nSPS) is 21.8. The number of carbonyl (C=O) groups excluding carboxylic acids is 1. The maximum Gasteiger partial charge on any atom is 0.408 e. The molecule has 1 heterocycles. The number of ether oxygens (including phenoxy) is 1. The number of rotatable bonds is 4. The third-order valence-electron chi connectivity index (χ3n) is 3.20. The largest absolute Gasteiger partial charge is 0.465 e. The smallest absolute Gasteiger partial charge is 0.408 e. The third kappa shape index (κ3) is 3.25. The predicted octanol–water partition coefficient (Wildman–Crippen LogP) is 0.741. The molecule has 20 heavy (non-hydrogen) atoms. The molecule has 0 spiro atoms. The Morgan fingerprint density at radius 1 is 1.35 bits per heavy atom. The molecule has 1 aromatic carbocycles. The van der Waals surface area contributed by atoms with Crippen LogP contribution in [0.1, 0.15) is 12.0 Å². The van der Waals surface area contributed by atoms with E-state index >= 15 is 0 Å². The molecule has 0 saturated carbocycles. The van der Waals surface area contributed by atoms with E-state index in [0.29, 0.717) is 0 Å². The molecule has 108 valence electrons. The van der Waals surface area contributed by atoms with Crippen LogP contribution in [0.15, 0.2) is 30.3 Å². The molecule has 1 amide bonds. The molecule has 1 aliphatic heterocycles. The minimum atomic E-state index is -1.19. The molecule has 1 aliphatic rings. The van der Waals surface area contributed by atoms with Gasteiger partial charge in [0.1, 0.15) is 12.6 Å². The van der Waals surface area contributed by atoms with E-state index in [0.717, 1.165) is 10.5 Å². The predicted molar refractivity (Wildman–Crippen MR) is 68.4 cm³/mol. The van der Waals surface area contributed by atoms with Crippen LogP contribution >= 0.6 is 0 Å². The average molecular weight is 280 g/mol. The summed E-state index contributed by atoms with van der Waals surface area (Å²) in [6, 6.07) is 8.30. The molecule has 0 aromatic heterocycles. The van der Waals surface area contributed by atoms with Gasteiger partial charge in [0.2, 0.25) is 0 Å². The highest BCUT2D eigenvalue weighted by molar-refractivity contribution is 5.81. The second kappa shape index (κ2) is 6.36. The Morgan fingerprint density at radius 2 is 2.05 bits per heavy atom. The molecule has 3 N–H and O–H groups in total. The van der Waals surface area contributed by atoms with Crippen LogP contribution in [-0.2, 0) is 21.0 Å². The summed E-state index contributed by atoms with van der Waals surface area (Å²) in [4.78, 5) is 28.7. The molecule has 7 heteroatoms. The first-order chi connectivity index (χ1) is 9.61. The lowest BCUT2D eigenvalue weighted by atomic mass is 10.2. The molecule has 0 bridgehead atoms. The zero-order valence-electron chi connectivity index (χ0n) is 10.8. The number of nitrogens with zero attached hydrogens (tertiary/aromatic N) is 1. The highest BCUT2D eigenvalue weighted by atomic mass is 16.6. The van der Waals surface area contributed by atoms with E-state index in [9.17, 15) is 9.59 Å².